The summed E-state index contributed by atoms with van der Waals surface area (Å²) in [6, 6.07) is 0. The van der Waals surface area contributed by atoms with Crippen LogP contribution in [0.4, 0.5) is 4.39 Å². The highest BCUT2D eigenvalue weighted by molar-refractivity contribution is 9.10. The van der Waals surface area contributed by atoms with Crippen molar-refractivity contribution in [1.82, 2.24) is 0 Å². The smallest absolute Gasteiger partial charge is 0.357 e. The van der Waals surface area contributed by atoms with Gasteiger partial charge in [0.2, 0.25) is 0 Å². The van der Waals surface area contributed by atoms with Crippen molar-refractivity contribution in [3.05, 3.63) is 0 Å². The average Bonchev–Trinajstić information content (AvgIpc) is 2.36. The van der Waals surface area contributed by atoms with Gasteiger partial charge < -0.3 is 9.16 Å². The number of ether oxygens (including phenoxy) is 1. The van der Waals surface area contributed by atoms with Gasteiger partial charge in [-0.3, -0.25) is 0 Å². The van der Waals surface area contributed by atoms with Gasteiger partial charge in [0, 0.05) is 0 Å². The van der Waals surface area contributed by atoms with Crippen molar-refractivity contribution in [2.24, 2.45) is 5.92 Å². The van der Waals surface area contributed by atoms with E-state index in [0.29, 0.717) is 0 Å². The molecule has 118 valence electrons. The maximum atomic E-state index is 15.0. The van der Waals surface area contributed by atoms with Gasteiger partial charge in [-0.1, -0.05) is 19.3 Å². The van der Waals surface area contributed by atoms with Crippen LogP contribution in [0.2, 0.25) is 19.6 Å². The normalized spacial score (nSPS) is 22.1. The fraction of sp³-hybridized carbons (Fsp3) is 0.929. The van der Waals surface area contributed by atoms with E-state index >= 15 is 0 Å². The van der Waals surface area contributed by atoms with Crippen molar-refractivity contribution >= 4 is 30.2 Å². The van der Waals surface area contributed by atoms with Gasteiger partial charge in [0.15, 0.2) is 8.32 Å². The van der Waals surface area contributed by atoms with Crippen molar-refractivity contribution in [1.29, 1.82) is 0 Å². The summed E-state index contributed by atoms with van der Waals surface area (Å²) < 4.78 is 23.6. The molecular weight excluding hydrogens is 343 g/mol. The van der Waals surface area contributed by atoms with E-state index in [4.69, 9.17) is 9.16 Å². The average molecular weight is 369 g/mol. The summed E-state index contributed by atoms with van der Waals surface area (Å²) in [6.07, 6.45) is 4.38. The molecule has 0 aliphatic heterocycles. The van der Waals surface area contributed by atoms with Crippen LogP contribution in [0.15, 0.2) is 0 Å². The lowest BCUT2D eigenvalue weighted by Crippen LogP contribution is -2.51. The minimum Gasteiger partial charge on any atom is -0.463 e. The minimum absolute atomic E-state index is 0.0734. The van der Waals surface area contributed by atoms with Crippen molar-refractivity contribution in [2.75, 3.05) is 6.61 Å². The predicted octanol–water partition coefficient (Wildman–Crippen LogP) is 4.41. The van der Waals surface area contributed by atoms with E-state index in [1.165, 1.54) is 6.42 Å². The standard InChI is InChI=1S/C14H26BrFO3Si/c1-5-18-13(17)14(15,16)12(19-20(2,3)4)11-9-7-6-8-10-11/h11-12H,5-10H2,1-4H3/t12-,14+/m1/s1. The number of hydrogen-bond acceptors (Lipinski definition) is 3. The quantitative estimate of drug-likeness (QED) is 0.395. The SMILES string of the molecule is CCOC(=O)[C@](F)(Br)[C@H](O[Si](C)(C)C)C1CCCCC1. The van der Waals surface area contributed by atoms with E-state index in [-0.39, 0.29) is 12.5 Å². The lowest BCUT2D eigenvalue weighted by Gasteiger charge is -2.39. The molecule has 1 rings (SSSR count). The molecule has 3 nitrogen and oxygen atoms in total. The highest BCUT2D eigenvalue weighted by atomic mass is 79.9. The first-order valence-electron chi connectivity index (χ1n) is 7.41. The van der Waals surface area contributed by atoms with Gasteiger partial charge in [-0.25, -0.2) is 9.18 Å². The second kappa shape index (κ2) is 7.36. The number of carbonyl (C=O) groups is 1. The highest BCUT2D eigenvalue weighted by Gasteiger charge is 2.51. The maximum absolute atomic E-state index is 15.0. The van der Waals surface area contributed by atoms with Crippen LogP contribution in [0.1, 0.15) is 39.0 Å². The molecule has 0 aromatic carbocycles. The zero-order valence-electron chi connectivity index (χ0n) is 12.9. The molecule has 0 heterocycles. The summed E-state index contributed by atoms with van der Waals surface area (Å²) in [5, 5.41) is 0. The third kappa shape index (κ3) is 5.11. The monoisotopic (exact) mass is 368 g/mol. The molecule has 0 aromatic heterocycles. The molecule has 0 amide bonds. The Morgan fingerprint density at radius 2 is 1.90 bits per heavy atom. The number of alkyl halides is 2. The summed E-state index contributed by atoms with van der Waals surface area (Å²) in [5.41, 5.74) is 0. The molecule has 1 saturated carbocycles. The Morgan fingerprint density at radius 3 is 2.35 bits per heavy atom. The summed E-state index contributed by atoms with van der Waals surface area (Å²) >= 11 is 2.96. The predicted molar refractivity (Wildman–Crippen MR) is 84.2 cm³/mol. The maximum Gasteiger partial charge on any atom is 0.357 e. The fourth-order valence-corrected chi connectivity index (χ4v) is 4.50. The van der Waals surface area contributed by atoms with Gasteiger partial charge in [-0.05, 0) is 61.3 Å². The first kappa shape index (κ1) is 18.1. The first-order chi connectivity index (χ1) is 9.18. The van der Waals surface area contributed by atoms with E-state index in [0.717, 1.165) is 25.7 Å². The lowest BCUT2D eigenvalue weighted by atomic mass is 9.83. The van der Waals surface area contributed by atoms with E-state index in [1.54, 1.807) is 6.92 Å². The van der Waals surface area contributed by atoms with Crippen LogP contribution in [0, 0.1) is 5.92 Å². The Bertz CT molecular complexity index is 325. The lowest BCUT2D eigenvalue weighted by molar-refractivity contribution is -0.157. The van der Waals surface area contributed by atoms with Gasteiger partial charge >= 0.3 is 5.97 Å². The molecule has 0 spiro atoms. The Hall–Kier alpha value is 0.0569. The third-order valence-electron chi connectivity index (χ3n) is 3.46. The van der Waals surface area contributed by atoms with Crippen molar-refractivity contribution < 1.29 is 18.3 Å². The Balaban J connectivity index is 2.92. The van der Waals surface area contributed by atoms with Crippen LogP contribution < -0.4 is 0 Å². The molecule has 0 radical (unpaired) electrons. The molecule has 0 saturated heterocycles. The minimum atomic E-state index is -2.24. The van der Waals surface area contributed by atoms with Gasteiger partial charge in [-0.2, -0.15) is 0 Å². The van der Waals surface area contributed by atoms with Gasteiger partial charge in [0.1, 0.15) is 6.10 Å². The first-order valence-corrected chi connectivity index (χ1v) is 11.6. The summed E-state index contributed by atoms with van der Waals surface area (Å²) in [5.74, 6) is -0.793. The zero-order chi connectivity index (χ0) is 15.4. The number of hydrogen-bond donors (Lipinski definition) is 0. The number of carbonyl (C=O) groups excluding carboxylic acids is 1. The second-order valence-corrected chi connectivity index (χ2v) is 12.0. The Kier molecular flexibility index (Phi) is 6.66. The van der Waals surface area contributed by atoms with Gasteiger partial charge in [0.25, 0.3) is 4.58 Å². The molecule has 1 aliphatic rings. The Labute approximate surface area is 130 Å². The van der Waals surface area contributed by atoms with Crippen LogP contribution >= 0.6 is 15.9 Å². The van der Waals surface area contributed by atoms with E-state index in [9.17, 15) is 9.18 Å². The molecule has 20 heavy (non-hydrogen) atoms. The Morgan fingerprint density at radius 1 is 1.35 bits per heavy atom. The fourth-order valence-electron chi connectivity index (χ4n) is 2.63. The topological polar surface area (TPSA) is 35.5 Å². The molecule has 2 atom stereocenters. The summed E-state index contributed by atoms with van der Waals surface area (Å²) in [6.45, 7) is 7.88. The van der Waals surface area contributed by atoms with Crippen LogP contribution in [0.5, 0.6) is 0 Å². The van der Waals surface area contributed by atoms with E-state index in [1.807, 2.05) is 19.6 Å². The number of halogens is 2. The van der Waals surface area contributed by atoms with Crippen molar-refractivity contribution in [2.45, 2.75) is 69.4 Å². The number of esters is 1. The van der Waals surface area contributed by atoms with Crippen LogP contribution in [-0.4, -0.2) is 31.6 Å². The van der Waals surface area contributed by atoms with Crippen molar-refractivity contribution in [3.8, 4) is 0 Å². The summed E-state index contributed by atoms with van der Waals surface area (Å²) in [7, 11) is -1.96. The zero-order valence-corrected chi connectivity index (χ0v) is 15.5. The van der Waals surface area contributed by atoms with Crippen LogP contribution in [-0.2, 0) is 14.0 Å². The van der Waals surface area contributed by atoms with Gasteiger partial charge in [-0.15, -0.1) is 0 Å². The molecule has 1 fully saturated rings. The van der Waals surface area contributed by atoms with Crippen molar-refractivity contribution in [3.63, 3.8) is 0 Å². The molecular formula is C14H26BrFO3Si. The second-order valence-electron chi connectivity index (χ2n) is 6.39. The third-order valence-corrected chi connectivity index (χ3v) is 5.20. The molecule has 6 heteroatoms. The molecule has 0 N–H and O–H groups in total. The van der Waals surface area contributed by atoms with Crippen LogP contribution in [0.25, 0.3) is 0 Å². The highest BCUT2D eigenvalue weighted by Crippen LogP contribution is 2.40. The molecule has 0 aromatic rings. The summed E-state index contributed by atoms with van der Waals surface area (Å²) in [4.78, 5) is 11.9. The largest absolute Gasteiger partial charge is 0.463 e. The van der Waals surface area contributed by atoms with Gasteiger partial charge in [0.05, 0.1) is 6.61 Å². The number of rotatable bonds is 6. The molecule has 0 unspecified atom stereocenters. The van der Waals surface area contributed by atoms with E-state index in [2.05, 4.69) is 15.9 Å². The molecule has 0 bridgehead atoms. The van der Waals surface area contributed by atoms with E-state index < -0.39 is 25.0 Å². The van der Waals surface area contributed by atoms with Crippen LogP contribution in [0.3, 0.4) is 0 Å². The molecule has 1 aliphatic carbocycles.